The minimum Gasteiger partial charge on any atom is -0.497 e. The number of amides is 2. The average molecular weight is 352 g/mol. The Labute approximate surface area is 154 Å². The largest absolute Gasteiger partial charge is 0.497 e. The molecule has 0 unspecified atom stereocenters. The van der Waals surface area contributed by atoms with Crippen LogP contribution in [0, 0.1) is 0 Å². The van der Waals surface area contributed by atoms with Gasteiger partial charge in [0.2, 0.25) is 5.91 Å². The van der Waals surface area contributed by atoms with Gasteiger partial charge >= 0.3 is 0 Å². The van der Waals surface area contributed by atoms with Crippen molar-refractivity contribution in [3.63, 3.8) is 0 Å². The molecular formula is C21H24N2O3. The molecule has 0 aromatic heterocycles. The van der Waals surface area contributed by atoms with Crippen molar-refractivity contribution in [3.05, 3.63) is 65.7 Å². The molecule has 136 valence electrons. The van der Waals surface area contributed by atoms with Crippen LogP contribution in [0.3, 0.4) is 0 Å². The van der Waals surface area contributed by atoms with Crippen molar-refractivity contribution in [3.8, 4) is 5.75 Å². The maximum Gasteiger partial charge on any atom is 0.251 e. The van der Waals surface area contributed by atoms with E-state index >= 15 is 0 Å². The zero-order valence-corrected chi connectivity index (χ0v) is 15.0. The second-order valence-electron chi connectivity index (χ2n) is 6.54. The Bertz CT molecular complexity index is 761. The van der Waals surface area contributed by atoms with Crippen LogP contribution in [0.4, 0.5) is 0 Å². The number of carbonyl (C=O) groups is 2. The fraction of sp³-hybridized carbons (Fsp3) is 0.333. The van der Waals surface area contributed by atoms with E-state index in [-0.39, 0.29) is 17.9 Å². The Morgan fingerprint density at radius 3 is 2.77 bits per heavy atom. The Kier molecular flexibility index (Phi) is 5.89. The molecule has 2 amide bonds. The Balaban J connectivity index is 1.48. The monoisotopic (exact) mass is 352 g/mol. The molecule has 0 aliphatic carbocycles. The van der Waals surface area contributed by atoms with Crippen molar-refractivity contribution in [2.24, 2.45) is 0 Å². The summed E-state index contributed by atoms with van der Waals surface area (Å²) in [7, 11) is 1.57. The SMILES string of the molecule is COc1cccc(C(=O)N[C@@H]2CC(=O)N(CCCc3ccccc3)C2)c1. The fourth-order valence-corrected chi connectivity index (χ4v) is 3.24. The van der Waals surface area contributed by atoms with Gasteiger partial charge in [-0.1, -0.05) is 36.4 Å². The smallest absolute Gasteiger partial charge is 0.251 e. The summed E-state index contributed by atoms with van der Waals surface area (Å²) in [4.78, 5) is 26.4. The van der Waals surface area contributed by atoms with E-state index in [2.05, 4.69) is 17.4 Å². The maximum absolute atomic E-state index is 12.4. The van der Waals surface area contributed by atoms with E-state index in [1.165, 1.54) is 5.56 Å². The van der Waals surface area contributed by atoms with Gasteiger partial charge in [-0.05, 0) is 36.6 Å². The van der Waals surface area contributed by atoms with E-state index in [1.807, 2.05) is 23.1 Å². The molecule has 1 saturated heterocycles. The highest BCUT2D eigenvalue weighted by Gasteiger charge is 2.30. The minimum atomic E-state index is -0.173. The van der Waals surface area contributed by atoms with Crippen LogP contribution in [0.2, 0.25) is 0 Å². The molecule has 0 bridgehead atoms. The summed E-state index contributed by atoms with van der Waals surface area (Å²) < 4.78 is 5.15. The van der Waals surface area contributed by atoms with Crippen molar-refractivity contribution >= 4 is 11.8 Å². The summed E-state index contributed by atoms with van der Waals surface area (Å²) in [5.41, 5.74) is 1.82. The molecule has 0 radical (unpaired) electrons. The van der Waals surface area contributed by atoms with Crippen LogP contribution in [0.5, 0.6) is 5.75 Å². The minimum absolute atomic E-state index is 0.106. The lowest BCUT2D eigenvalue weighted by atomic mass is 10.1. The van der Waals surface area contributed by atoms with Crippen LogP contribution >= 0.6 is 0 Å². The summed E-state index contributed by atoms with van der Waals surface area (Å²) in [6.07, 6.45) is 2.23. The molecule has 1 atom stereocenters. The molecule has 1 N–H and O–H groups in total. The molecule has 2 aromatic carbocycles. The van der Waals surface area contributed by atoms with E-state index < -0.39 is 0 Å². The maximum atomic E-state index is 12.4. The number of methoxy groups -OCH3 is 1. The molecule has 1 aliphatic rings. The molecule has 0 spiro atoms. The van der Waals surface area contributed by atoms with Crippen molar-refractivity contribution in [2.75, 3.05) is 20.2 Å². The van der Waals surface area contributed by atoms with E-state index in [0.717, 1.165) is 19.4 Å². The van der Waals surface area contributed by atoms with Crippen LogP contribution in [0.25, 0.3) is 0 Å². The number of nitrogens with zero attached hydrogens (tertiary/aromatic N) is 1. The summed E-state index contributed by atoms with van der Waals surface area (Å²) in [5, 5.41) is 2.96. The molecule has 1 fully saturated rings. The van der Waals surface area contributed by atoms with E-state index in [9.17, 15) is 9.59 Å². The van der Waals surface area contributed by atoms with E-state index in [0.29, 0.717) is 24.3 Å². The van der Waals surface area contributed by atoms with Crippen molar-refractivity contribution < 1.29 is 14.3 Å². The number of aryl methyl sites for hydroxylation is 1. The Morgan fingerprint density at radius 1 is 1.19 bits per heavy atom. The van der Waals surface area contributed by atoms with Gasteiger partial charge in [0, 0.05) is 25.1 Å². The third-order valence-electron chi connectivity index (χ3n) is 4.62. The van der Waals surface area contributed by atoms with Gasteiger partial charge in [-0.2, -0.15) is 0 Å². The van der Waals surface area contributed by atoms with Crippen LogP contribution in [0.15, 0.2) is 54.6 Å². The molecule has 1 heterocycles. The highest BCUT2D eigenvalue weighted by molar-refractivity contribution is 5.95. The van der Waals surface area contributed by atoms with Crippen LogP contribution in [-0.2, 0) is 11.2 Å². The Morgan fingerprint density at radius 2 is 2.00 bits per heavy atom. The van der Waals surface area contributed by atoms with Gasteiger partial charge in [0.1, 0.15) is 5.75 Å². The standard InChI is InChI=1S/C21H24N2O3/c1-26-19-11-5-10-17(13-19)21(25)22-18-14-20(24)23(15-18)12-6-9-16-7-3-2-4-8-16/h2-5,7-8,10-11,13,18H,6,9,12,14-15H2,1H3,(H,22,25)/t18-/m1/s1. The van der Waals surface area contributed by atoms with E-state index in [4.69, 9.17) is 4.74 Å². The number of nitrogens with one attached hydrogen (secondary N) is 1. The van der Waals surface area contributed by atoms with Gasteiger partial charge in [-0.3, -0.25) is 9.59 Å². The second-order valence-corrected chi connectivity index (χ2v) is 6.54. The number of hydrogen-bond donors (Lipinski definition) is 1. The highest BCUT2D eigenvalue weighted by atomic mass is 16.5. The topological polar surface area (TPSA) is 58.6 Å². The quantitative estimate of drug-likeness (QED) is 0.833. The van der Waals surface area contributed by atoms with Crippen molar-refractivity contribution in [1.29, 1.82) is 0 Å². The van der Waals surface area contributed by atoms with Gasteiger partial charge in [-0.25, -0.2) is 0 Å². The third kappa shape index (κ3) is 4.63. The molecule has 2 aromatic rings. The van der Waals surface area contributed by atoms with Gasteiger partial charge in [0.25, 0.3) is 5.91 Å². The molecule has 26 heavy (non-hydrogen) atoms. The molecule has 1 aliphatic heterocycles. The molecular weight excluding hydrogens is 328 g/mol. The zero-order chi connectivity index (χ0) is 18.4. The number of likely N-dealkylation sites (tertiary alicyclic amines) is 1. The van der Waals surface area contributed by atoms with Crippen LogP contribution in [0.1, 0.15) is 28.8 Å². The molecule has 0 saturated carbocycles. The summed E-state index contributed by atoms with van der Waals surface area (Å²) in [6.45, 7) is 1.29. The number of carbonyl (C=O) groups excluding carboxylic acids is 2. The highest BCUT2D eigenvalue weighted by Crippen LogP contribution is 2.16. The lowest BCUT2D eigenvalue weighted by molar-refractivity contribution is -0.127. The van der Waals surface area contributed by atoms with Crippen LogP contribution < -0.4 is 10.1 Å². The first kappa shape index (κ1) is 18.0. The number of benzene rings is 2. The fourth-order valence-electron chi connectivity index (χ4n) is 3.24. The molecule has 3 rings (SSSR count). The van der Waals surface area contributed by atoms with Gasteiger partial charge in [0.15, 0.2) is 0 Å². The first-order valence-electron chi connectivity index (χ1n) is 8.92. The van der Waals surface area contributed by atoms with Crippen molar-refractivity contribution in [1.82, 2.24) is 10.2 Å². The summed E-state index contributed by atoms with van der Waals surface area (Å²) in [5.74, 6) is 0.574. The summed E-state index contributed by atoms with van der Waals surface area (Å²) in [6, 6.07) is 17.1. The molecule has 5 heteroatoms. The predicted octanol–water partition coefficient (Wildman–Crippen LogP) is 2.66. The van der Waals surface area contributed by atoms with Crippen LogP contribution in [-0.4, -0.2) is 43.0 Å². The number of ether oxygens (including phenoxy) is 1. The second kappa shape index (κ2) is 8.52. The number of hydrogen-bond acceptors (Lipinski definition) is 3. The van der Waals surface area contributed by atoms with E-state index in [1.54, 1.807) is 31.4 Å². The first-order chi connectivity index (χ1) is 12.7. The average Bonchev–Trinajstić information content (AvgIpc) is 3.01. The van der Waals surface area contributed by atoms with Crippen molar-refractivity contribution in [2.45, 2.75) is 25.3 Å². The van der Waals surface area contributed by atoms with Gasteiger partial charge < -0.3 is 15.0 Å². The lowest BCUT2D eigenvalue weighted by Gasteiger charge is -2.17. The zero-order valence-electron chi connectivity index (χ0n) is 15.0. The first-order valence-corrected chi connectivity index (χ1v) is 8.92. The molecule has 5 nitrogen and oxygen atoms in total. The lowest BCUT2D eigenvalue weighted by Crippen LogP contribution is -2.37. The Hall–Kier alpha value is -2.82. The summed E-state index contributed by atoms with van der Waals surface area (Å²) >= 11 is 0. The van der Waals surface area contributed by atoms with Gasteiger partial charge in [0.05, 0.1) is 13.2 Å². The normalized spacial score (nSPS) is 16.6. The van der Waals surface area contributed by atoms with Gasteiger partial charge in [-0.15, -0.1) is 0 Å². The predicted molar refractivity (Wildman–Crippen MR) is 100 cm³/mol. The third-order valence-corrected chi connectivity index (χ3v) is 4.62. The number of rotatable bonds is 7.